The minimum atomic E-state index is -0.818. The first-order valence-corrected chi connectivity index (χ1v) is 9.91. The van der Waals surface area contributed by atoms with Gasteiger partial charge in [0.05, 0.1) is 0 Å². The second kappa shape index (κ2) is 11.3. The zero-order valence-corrected chi connectivity index (χ0v) is 17.7. The average molecular weight is 481 g/mol. The van der Waals surface area contributed by atoms with Crippen molar-refractivity contribution in [1.82, 2.24) is 5.48 Å². The molecule has 0 aromatic heterocycles. The summed E-state index contributed by atoms with van der Waals surface area (Å²) in [5.74, 6) is -2.21. The second-order valence-electron chi connectivity index (χ2n) is 6.60. The summed E-state index contributed by atoms with van der Waals surface area (Å²) >= 11 is 3.31. The van der Waals surface area contributed by atoms with Gasteiger partial charge in [-0.05, 0) is 60.7 Å². The van der Waals surface area contributed by atoms with Gasteiger partial charge < -0.3 is 9.84 Å². The molecule has 4 N–H and O–H groups in total. The van der Waals surface area contributed by atoms with E-state index in [1.807, 2.05) is 6.92 Å². The molecule has 0 fully saturated rings. The lowest BCUT2D eigenvalue weighted by molar-refractivity contribution is -0.124. The van der Waals surface area contributed by atoms with Crippen LogP contribution in [-0.2, 0) is 9.53 Å². The van der Waals surface area contributed by atoms with E-state index in [9.17, 15) is 19.1 Å². The SMILES string of the molecule is C[C@H](CC/C=C/C(=O)NO)[C@@H](OC(=O)Nc1ccc(Br)cc1)c1ccc(O)c(F)c1. The third kappa shape index (κ3) is 7.16. The number of anilines is 1. The third-order valence-electron chi connectivity index (χ3n) is 4.31. The van der Waals surface area contributed by atoms with Gasteiger partial charge in [0.1, 0.15) is 6.10 Å². The zero-order chi connectivity index (χ0) is 22.1. The molecule has 0 spiro atoms. The Bertz CT molecular complexity index is 905. The number of hydroxylamine groups is 1. The number of aromatic hydroxyl groups is 1. The molecular weight excluding hydrogens is 459 g/mol. The van der Waals surface area contributed by atoms with Crippen molar-refractivity contribution in [3.63, 3.8) is 0 Å². The molecule has 0 unspecified atom stereocenters. The summed E-state index contributed by atoms with van der Waals surface area (Å²) in [6.07, 6.45) is 2.21. The third-order valence-corrected chi connectivity index (χ3v) is 4.84. The Morgan fingerprint density at radius 1 is 1.23 bits per heavy atom. The van der Waals surface area contributed by atoms with Crippen molar-refractivity contribution in [2.24, 2.45) is 5.92 Å². The number of phenolic OH excluding ortho intramolecular Hbond substituents is 1. The number of halogens is 2. The normalized spacial score (nSPS) is 12.9. The second-order valence-corrected chi connectivity index (χ2v) is 7.52. The predicted octanol–water partition coefficient (Wildman–Crippen LogP) is 5.06. The predicted molar refractivity (Wildman–Crippen MR) is 113 cm³/mol. The molecular formula is C21H22BrFN2O5. The molecule has 0 heterocycles. The van der Waals surface area contributed by atoms with Gasteiger partial charge in [-0.25, -0.2) is 14.7 Å². The Morgan fingerprint density at radius 2 is 1.93 bits per heavy atom. The van der Waals surface area contributed by atoms with E-state index in [1.54, 1.807) is 30.3 Å². The number of hydrogen-bond donors (Lipinski definition) is 4. The van der Waals surface area contributed by atoms with E-state index in [-0.39, 0.29) is 5.92 Å². The van der Waals surface area contributed by atoms with Crippen LogP contribution in [0.4, 0.5) is 14.9 Å². The first-order valence-electron chi connectivity index (χ1n) is 9.12. The molecule has 0 bridgehead atoms. The van der Waals surface area contributed by atoms with Gasteiger partial charge in [0, 0.05) is 16.2 Å². The van der Waals surface area contributed by atoms with Crippen molar-refractivity contribution < 1.29 is 29.0 Å². The van der Waals surface area contributed by atoms with Crippen LogP contribution >= 0.6 is 15.9 Å². The molecule has 160 valence electrons. The molecule has 0 aliphatic rings. The Balaban J connectivity index is 2.12. The van der Waals surface area contributed by atoms with Crippen molar-refractivity contribution in [3.8, 4) is 5.75 Å². The van der Waals surface area contributed by atoms with Gasteiger partial charge in [0.2, 0.25) is 0 Å². The van der Waals surface area contributed by atoms with Crippen molar-refractivity contribution in [2.75, 3.05) is 5.32 Å². The number of hydrogen-bond acceptors (Lipinski definition) is 5. The topological polar surface area (TPSA) is 108 Å². The molecule has 0 saturated carbocycles. The molecule has 0 radical (unpaired) electrons. The van der Waals surface area contributed by atoms with E-state index in [1.165, 1.54) is 23.7 Å². The lowest BCUT2D eigenvalue weighted by atomic mass is 9.93. The number of carbonyl (C=O) groups is 2. The van der Waals surface area contributed by atoms with Gasteiger partial charge in [-0.3, -0.25) is 15.3 Å². The highest BCUT2D eigenvalue weighted by molar-refractivity contribution is 9.10. The van der Waals surface area contributed by atoms with Crippen LogP contribution in [0.1, 0.15) is 31.4 Å². The van der Waals surface area contributed by atoms with E-state index in [0.29, 0.717) is 24.1 Å². The molecule has 0 aliphatic heterocycles. The summed E-state index contributed by atoms with van der Waals surface area (Å²) < 4.78 is 20.3. The molecule has 2 amide bonds. The molecule has 30 heavy (non-hydrogen) atoms. The van der Waals surface area contributed by atoms with Crippen molar-refractivity contribution >= 4 is 33.6 Å². The maximum absolute atomic E-state index is 13.9. The van der Waals surface area contributed by atoms with Crippen LogP contribution in [0.2, 0.25) is 0 Å². The number of allylic oxidation sites excluding steroid dienone is 1. The van der Waals surface area contributed by atoms with Crippen molar-refractivity contribution in [2.45, 2.75) is 25.9 Å². The highest BCUT2D eigenvalue weighted by atomic mass is 79.9. The number of amides is 2. The first kappa shape index (κ1) is 23.4. The Kier molecular flexibility index (Phi) is 8.82. The summed E-state index contributed by atoms with van der Waals surface area (Å²) in [4.78, 5) is 23.4. The smallest absolute Gasteiger partial charge is 0.412 e. The maximum Gasteiger partial charge on any atom is 0.412 e. The monoisotopic (exact) mass is 480 g/mol. The fourth-order valence-corrected chi connectivity index (χ4v) is 3.01. The first-order chi connectivity index (χ1) is 14.3. The summed E-state index contributed by atoms with van der Waals surface area (Å²) in [6, 6.07) is 10.7. The average Bonchev–Trinajstić information content (AvgIpc) is 2.72. The van der Waals surface area contributed by atoms with Gasteiger partial charge in [-0.15, -0.1) is 0 Å². The van der Waals surface area contributed by atoms with Crippen LogP contribution in [0.5, 0.6) is 5.75 Å². The van der Waals surface area contributed by atoms with Gasteiger partial charge in [0.15, 0.2) is 11.6 Å². The number of nitrogens with one attached hydrogen (secondary N) is 2. The Hall–Kier alpha value is -2.91. The molecule has 2 aromatic carbocycles. The maximum atomic E-state index is 13.9. The summed E-state index contributed by atoms with van der Waals surface area (Å²) in [5, 5.41) is 20.6. The van der Waals surface area contributed by atoms with E-state index < -0.39 is 29.7 Å². The van der Waals surface area contributed by atoms with Crippen LogP contribution in [0.3, 0.4) is 0 Å². The molecule has 2 atom stereocenters. The Morgan fingerprint density at radius 3 is 2.57 bits per heavy atom. The lowest BCUT2D eigenvalue weighted by Crippen LogP contribution is -2.22. The zero-order valence-electron chi connectivity index (χ0n) is 16.1. The minimum absolute atomic E-state index is 0.244. The standard InChI is InChI=1S/C21H22BrFN2O5/c1-13(4-2-3-5-19(27)25-29)20(14-6-11-18(26)17(23)12-14)30-21(28)24-16-9-7-15(22)8-10-16/h3,5-13,20,26,29H,2,4H2,1H3,(H,24,28)(H,25,27)/b5-3+/t13-,20-/m1/s1. The van der Waals surface area contributed by atoms with E-state index >= 15 is 0 Å². The van der Waals surface area contributed by atoms with E-state index in [4.69, 9.17) is 9.94 Å². The largest absolute Gasteiger partial charge is 0.505 e. The molecule has 9 heteroatoms. The number of phenols is 1. The molecule has 2 rings (SSSR count). The van der Waals surface area contributed by atoms with Crippen LogP contribution in [0, 0.1) is 11.7 Å². The van der Waals surface area contributed by atoms with Crippen LogP contribution in [0.15, 0.2) is 59.1 Å². The van der Waals surface area contributed by atoms with Gasteiger partial charge in [-0.2, -0.15) is 0 Å². The molecule has 2 aromatic rings. The lowest BCUT2D eigenvalue weighted by Gasteiger charge is -2.25. The van der Waals surface area contributed by atoms with E-state index in [2.05, 4.69) is 21.2 Å². The van der Waals surface area contributed by atoms with Crippen molar-refractivity contribution in [3.05, 3.63) is 70.5 Å². The molecule has 7 nitrogen and oxygen atoms in total. The highest BCUT2D eigenvalue weighted by Crippen LogP contribution is 2.32. The fraction of sp³-hybridized carbons (Fsp3) is 0.238. The summed E-state index contributed by atoms with van der Waals surface area (Å²) in [5.41, 5.74) is 2.42. The Labute approximate surface area is 181 Å². The highest BCUT2D eigenvalue weighted by Gasteiger charge is 2.24. The van der Waals surface area contributed by atoms with Crippen LogP contribution in [-0.4, -0.2) is 22.3 Å². The summed E-state index contributed by atoms with van der Waals surface area (Å²) in [7, 11) is 0. The van der Waals surface area contributed by atoms with Gasteiger partial charge in [-0.1, -0.05) is 35.0 Å². The quantitative estimate of drug-likeness (QED) is 0.240. The number of carbonyl (C=O) groups excluding carboxylic acids is 2. The molecule has 0 aliphatic carbocycles. The van der Waals surface area contributed by atoms with Gasteiger partial charge >= 0.3 is 6.09 Å². The molecule has 0 saturated heterocycles. The number of rotatable bonds is 8. The fourth-order valence-electron chi connectivity index (χ4n) is 2.75. The number of ether oxygens (including phenoxy) is 1. The van der Waals surface area contributed by atoms with Crippen LogP contribution < -0.4 is 10.8 Å². The number of benzene rings is 2. The summed E-state index contributed by atoms with van der Waals surface area (Å²) in [6.45, 7) is 1.82. The van der Waals surface area contributed by atoms with Crippen LogP contribution in [0.25, 0.3) is 0 Å². The van der Waals surface area contributed by atoms with E-state index in [0.717, 1.165) is 10.5 Å². The minimum Gasteiger partial charge on any atom is -0.505 e. The van der Waals surface area contributed by atoms with Gasteiger partial charge in [0.25, 0.3) is 5.91 Å². The van der Waals surface area contributed by atoms with Crippen molar-refractivity contribution in [1.29, 1.82) is 0 Å².